The molecule has 12 rings (SSSR count). The number of benzene rings is 9. The highest BCUT2D eigenvalue weighted by atomic mass is 16.3. The number of fused-ring (bicyclic) bond motifs is 9. The quantitative estimate of drug-likeness (QED) is 0.161. The van der Waals surface area contributed by atoms with E-state index >= 15 is 0 Å². The fourth-order valence-corrected chi connectivity index (χ4v) is 8.85. The summed E-state index contributed by atoms with van der Waals surface area (Å²) in [6.45, 7) is 0. The van der Waals surface area contributed by atoms with Gasteiger partial charge in [0.05, 0.1) is 16.4 Å². The first-order chi connectivity index (χ1) is 30.3. The SMILES string of the molecule is c1ccc(-c2nc(-c3ccccc3)nc(-n3c4cc(N(c5ccccc5)c5ccccc5)ccc4c4c5oc6c7ccccc7c(-c7ccccc7)cc6c5ccc43)n2)cc1. The van der Waals surface area contributed by atoms with Crippen molar-refractivity contribution >= 4 is 71.6 Å². The Bertz CT molecular complexity index is 3470. The second kappa shape index (κ2) is 14.2. The van der Waals surface area contributed by atoms with Gasteiger partial charge in [0.15, 0.2) is 11.6 Å². The molecule has 286 valence electrons. The minimum atomic E-state index is 0.517. The lowest BCUT2D eigenvalue weighted by atomic mass is 9.95. The molecule has 0 saturated carbocycles. The lowest BCUT2D eigenvalue weighted by Gasteiger charge is -2.25. The van der Waals surface area contributed by atoms with Crippen LogP contribution in [0.5, 0.6) is 0 Å². The minimum Gasteiger partial charge on any atom is -0.455 e. The van der Waals surface area contributed by atoms with Crippen molar-refractivity contribution in [3.05, 3.63) is 212 Å². The Kier molecular flexibility index (Phi) is 8.06. The molecule has 6 heteroatoms. The van der Waals surface area contributed by atoms with Crippen LogP contribution in [0.25, 0.3) is 94.4 Å². The van der Waals surface area contributed by atoms with Crippen LogP contribution < -0.4 is 4.90 Å². The standard InChI is InChI=1S/C55H35N5O/c1-6-18-36(19-7-1)46-35-47-44-32-33-48-50(52(44)61-51(47)43-29-17-16-28-42(43)46)45-31-30-41(59(39-24-12-4-13-25-39)40-26-14-5-15-27-40)34-49(45)60(48)55-57-53(37-20-8-2-9-21-37)56-54(58-55)38-22-10-3-11-23-38/h1-35H. The van der Waals surface area contributed by atoms with Crippen LogP contribution in [0.1, 0.15) is 0 Å². The van der Waals surface area contributed by atoms with Gasteiger partial charge in [-0.25, -0.2) is 4.98 Å². The highest BCUT2D eigenvalue weighted by molar-refractivity contribution is 6.27. The first-order valence-corrected chi connectivity index (χ1v) is 20.4. The molecule has 3 aromatic heterocycles. The van der Waals surface area contributed by atoms with E-state index in [0.717, 1.165) is 82.7 Å². The van der Waals surface area contributed by atoms with E-state index in [4.69, 9.17) is 19.4 Å². The maximum atomic E-state index is 7.15. The summed E-state index contributed by atoms with van der Waals surface area (Å²) < 4.78 is 9.34. The largest absolute Gasteiger partial charge is 0.455 e. The summed E-state index contributed by atoms with van der Waals surface area (Å²) in [5, 5.41) is 6.37. The fourth-order valence-electron chi connectivity index (χ4n) is 8.85. The predicted molar refractivity (Wildman–Crippen MR) is 250 cm³/mol. The number of hydrogen-bond donors (Lipinski definition) is 0. The Labute approximate surface area is 351 Å². The maximum absolute atomic E-state index is 7.15. The van der Waals surface area contributed by atoms with E-state index in [2.05, 4.69) is 149 Å². The van der Waals surface area contributed by atoms with E-state index in [1.54, 1.807) is 0 Å². The normalized spacial score (nSPS) is 11.6. The van der Waals surface area contributed by atoms with Crippen LogP contribution in [0, 0.1) is 0 Å². The third-order valence-electron chi connectivity index (χ3n) is 11.6. The second-order valence-corrected chi connectivity index (χ2v) is 15.2. The topological polar surface area (TPSA) is 60.0 Å². The molecule has 0 spiro atoms. The average Bonchev–Trinajstić information content (AvgIpc) is 3.88. The zero-order valence-corrected chi connectivity index (χ0v) is 32.9. The summed E-state index contributed by atoms with van der Waals surface area (Å²) in [7, 11) is 0. The number of nitrogens with zero attached hydrogens (tertiary/aromatic N) is 5. The second-order valence-electron chi connectivity index (χ2n) is 15.2. The molecule has 0 atom stereocenters. The third-order valence-corrected chi connectivity index (χ3v) is 11.6. The summed E-state index contributed by atoms with van der Waals surface area (Å²) in [6, 6.07) is 73.7. The van der Waals surface area contributed by atoms with Crippen molar-refractivity contribution in [3.63, 3.8) is 0 Å². The Morgan fingerprint density at radius 1 is 0.361 bits per heavy atom. The fraction of sp³-hybridized carbons (Fsp3) is 0. The van der Waals surface area contributed by atoms with Gasteiger partial charge in [0.1, 0.15) is 11.2 Å². The first kappa shape index (κ1) is 34.7. The van der Waals surface area contributed by atoms with Crippen molar-refractivity contribution in [3.8, 4) is 39.9 Å². The summed E-state index contributed by atoms with van der Waals surface area (Å²) in [5.41, 5.74) is 10.8. The minimum absolute atomic E-state index is 0.517. The summed E-state index contributed by atoms with van der Waals surface area (Å²) in [4.78, 5) is 17.9. The lowest BCUT2D eigenvalue weighted by molar-refractivity contribution is 0.676. The van der Waals surface area contributed by atoms with Crippen LogP contribution in [0.15, 0.2) is 217 Å². The molecule has 0 amide bonds. The Morgan fingerprint density at radius 2 is 0.869 bits per heavy atom. The van der Waals surface area contributed by atoms with Gasteiger partial charge in [0, 0.05) is 49.7 Å². The van der Waals surface area contributed by atoms with Gasteiger partial charge in [-0.3, -0.25) is 4.57 Å². The third kappa shape index (κ3) is 5.76. The van der Waals surface area contributed by atoms with Crippen molar-refractivity contribution in [2.75, 3.05) is 4.90 Å². The molecule has 0 aliphatic rings. The zero-order valence-electron chi connectivity index (χ0n) is 32.9. The number of hydrogen-bond acceptors (Lipinski definition) is 5. The number of para-hydroxylation sites is 2. The lowest BCUT2D eigenvalue weighted by Crippen LogP contribution is -2.10. The number of rotatable bonds is 7. The molecule has 9 aromatic carbocycles. The molecule has 12 aromatic rings. The molecule has 3 heterocycles. The van der Waals surface area contributed by atoms with Gasteiger partial charge in [-0.2, -0.15) is 9.97 Å². The van der Waals surface area contributed by atoms with E-state index in [1.807, 2.05) is 72.8 Å². The van der Waals surface area contributed by atoms with Crippen LogP contribution >= 0.6 is 0 Å². The summed E-state index contributed by atoms with van der Waals surface area (Å²) in [6.07, 6.45) is 0. The Balaban J connectivity index is 1.19. The predicted octanol–water partition coefficient (Wildman–Crippen LogP) is 14.5. The first-order valence-electron chi connectivity index (χ1n) is 20.4. The molecule has 0 saturated heterocycles. The van der Waals surface area contributed by atoms with E-state index in [9.17, 15) is 0 Å². The molecule has 0 unspecified atom stereocenters. The van der Waals surface area contributed by atoms with Crippen molar-refractivity contribution in [2.45, 2.75) is 0 Å². The summed E-state index contributed by atoms with van der Waals surface area (Å²) in [5.74, 6) is 1.70. The molecule has 0 radical (unpaired) electrons. The maximum Gasteiger partial charge on any atom is 0.238 e. The Hall–Kier alpha value is -8.35. The van der Waals surface area contributed by atoms with Gasteiger partial charge in [-0.15, -0.1) is 0 Å². The molecule has 0 fully saturated rings. The molecular weight excluding hydrogens is 747 g/mol. The van der Waals surface area contributed by atoms with E-state index in [0.29, 0.717) is 17.6 Å². The smallest absolute Gasteiger partial charge is 0.238 e. The van der Waals surface area contributed by atoms with E-state index < -0.39 is 0 Å². The van der Waals surface area contributed by atoms with Crippen molar-refractivity contribution in [1.82, 2.24) is 19.5 Å². The average molecular weight is 782 g/mol. The van der Waals surface area contributed by atoms with Gasteiger partial charge in [0.2, 0.25) is 5.95 Å². The number of anilines is 3. The van der Waals surface area contributed by atoms with Gasteiger partial charge in [-0.05, 0) is 77.2 Å². The van der Waals surface area contributed by atoms with Crippen LogP contribution in [-0.4, -0.2) is 19.5 Å². The molecule has 61 heavy (non-hydrogen) atoms. The molecular formula is C55H35N5O. The van der Waals surface area contributed by atoms with Crippen LogP contribution in [-0.2, 0) is 0 Å². The van der Waals surface area contributed by atoms with E-state index in [-0.39, 0.29) is 0 Å². The van der Waals surface area contributed by atoms with Crippen molar-refractivity contribution in [1.29, 1.82) is 0 Å². The van der Waals surface area contributed by atoms with E-state index in [1.165, 1.54) is 11.1 Å². The number of aromatic nitrogens is 4. The van der Waals surface area contributed by atoms with Crippen molar-refractivity contribution < 1.29 is 4.42 Å². The summed E-state index contributed by atoms with van der Waals surface area (Å²) >= 11 is 0. The molecule has 0 N–H and O–H groups in total. The van der Waals surface area contributed by atoms with Crippen LogP contribution in [0.4, 0.5) is 17.1 Å². The van der Waals surface area contributed by atoms with Gasteiger partial charge in [0.25, 0.3) is 0 Å². The van der Waals surface area contributed by atoms with Crippen molar-refractivity contribution in [2.24, 2.45) is 0 Å². The molecule has 0 aliphatic carbocycles. The van der Waals surface area contributed by atoms with Crippen LogP contribution in [0.2, 0.25) is 0 Å². The molecule has 6 nitrogen and oxygen atoms in total. The highest BCUT2D eigenvalue weighted by Gasteiger charge is 2.24. The Morgan fingerprint density at radius 3 is 1.48 bits per heavy atom. The number of furan rings is 1. The molecule has 0 bridgehead atoms. The zero-order chi connectivity index (χ0) is 40.3. The monoisotopic (exact) mass is 781 g/mol. The van der Waals surface area contributed by atoms with Crippen LogP contribution in [0.3, 0.4) is 0 Å². The van der Waals surface area contributed by atoms with Gasteiger partial charge >= 0.3 is 0 Å². The van der Waals surface area contributed by atoms with Gasteiger partial charge in [-0.1, -0.05) is 152 Å². The molecule has 0 aliphatic heterocycles. The van der Waals surface area contributed by atoms with Gasteiger partial charge < -0.3 is 9.32 Å². The highest BCUT2D eigenvalue weighted by Crippen LogP contribution is 2.46.